The standard InChI is InChI=1S/C21H19BrO5/c1-12(2)25-21(24)13(3)26-14-8-9-16-17(11-20(23)27-19(16)10-14)15-6-4-5-7-18(15)22/h4-13H,1-3H3. The zero-order valence-electron chi connectivity index (χ0n) is 15.2. The molecule has 0 saturated carbocycles. The molecule has 1 unspecified atom stereocenters. The van der Waals surface area contributed by atoms with E-state index in [1.807, 2.05) is 30.3 Å². The van der Waals surface area contributed by atoms with Gasteiger partial charge in [0, 0.05) is 27.6 Å². The molecule has 0 saturated heterocycles. The highest BCUT2D eigenvalue weighted by Gasteiger charge is 2.18. The van der Waals surface area contributed by atoms with Crippen molar-refractivity contribution in [2.75, 3.05) is 0 Å². The summed E-state index contributed by atoms with van der Waals surface area (Å²) in [5.74, 6) is -0.0309. The zero-order valence-corrected chi connectivity index (χ0v) is 16.8. The van der Waals surface area contributed by atoms with Gasteiger partial charge in [0.2, 0.25) is 0 Å². The summed E-state index contributed by atoms with van der Waals surface area (Å²) >= 11 is 3.52. The van der Waals surface area contributed by atoms with Crippen molar-refractivity contribution in [2.24, 2.45) is 0 Å². The smallest absolute Gasteiger partial charge is 0.347 e. The van der Waals surface area contributed by atoms with E-state index in [0.29, 0.717) is 11.3 Å². The summed E-state index contributed by atoms with van der Waals surface area (Å²) in [4.78, 5) is 24.0. The molecule has 0 spiro atoms. The van der Waals surface area contributed by atoms with Crippen LogP contribution in [-0.2, 0) is 9.53 Å². The molecular formula is C21H19BrO5. The first-order chi connectivity index (χ1) is 12.8. The highest BCUT2D eigenvalue weighted by Crippen LogP contribution is 2.34. The predicted molar refractivity (Wildman–Crippen MR) is 107 cm³/mol. The summed E-state index contributed by atoms with van der Waals surface area (Å²) in [5.41, 5.74) is 1.57. The number of hydrogen-bond acceptors (Lipinski definition) is 5. The van der Waals surface area contributed by atoms with Gasteiger partial charge in [0.15, 0.2) is 6.10 Å². The van der Waals surface area contributed by atoms with Crippen LogP contribution in [0, 0.1) is 0 Å². The van der Waals surface area contributed by atoms with Crippen molar-refractivity contribution in [3.05, 3.63) is 63.4 Å². The maximum atomic E-state index is 12.1. The SMILES string of the molecule is CC(C)OC(=O)C(C)Oc1ccc2c(-c3ccccc3Br)cc(=O)oc2c1. The van der Waals surface area contributed by atoms with Gasteiger partial charge in [-0.25, -0.2) is 9.59 Å². The molecule has 0 aliphatic heterocycles. The molecule has 2 aromatic carbocycles. The van der Waals surface area contributed by atoms with E-state index in [9.17, 15) is 9.59 Å². The monoisotopic (exact) mass is 430 g/mol. The summed E-state index contributed by atoms with van der Waals surface area (Å²) in [6.07, 6.45) is -0.993. The third-order valence-corrected chi connectivity index (χ3v) is 4.57. The predicted octanol–water partition coefficient (Wildman–Crippen LogP) is 4.94. The van der Waals surface area contributed by atoms with Crippen molar-refractivity contribution in [3.8, 4) is 16.9 Å². The number of halogens is 1. The number of carbonyl (C=O) groups excluding carboxylic acids is 1. The minimum atomic E-state index is -0.775. The van der Waals surface area contributed by atoms with Crippen LogP contribution >= 0.6 is 15.9 Å². The Morgan fingerprint density at radius 1 is 1.04 bits per heavy atom. The molecule has 1 atom stereocenters. The average Bonchev–Trinajstić information content (AvgIpc) is 2.60. The van der Waals surface area contributed by atoms with Gasteiger partial charge in [-0.05, 0) is 44.5 Å². The van der Waals surface area contributed by atoms with Crippen LogP contribution in [0.25, 0.3) is 22.1 Å². The van der Waals surface area contributed by atoms with Gasteiger partial charge in [0.25, 0.3) is 0 Å². The van der Waals surface area contributed by atoms with Gasteiger partial charge in [0.1, 0.15) is 11.3 Å². The minimum absolute atomic E-state index is 0.218. The van der Waals surface area contributed by atoms with Gasteiger partial charge in [-0.2, -0.15) is 0 Å². The van der Waals surface area contributed by atoms with Crippen LogP contribution in [0.4, 0.5) is 0 Å². The lowest BCUT2D eigenvalue weighted by Gasteiger charge is -2.16. The van der Waals surface area contributed by atoms with Gasteiger partial charge in [-0.1, -0.05) is 34.1 Å². The van der Waals surface area contributed by atoms with E-state index >= 15 is 0 Å². The molecule has 0 N–H and O–H groups in total. The highest BCUT2D eigenvalue weighted by atomic mass is 79.9. The molecule has 6 heteroatoms. The van der Waals surface area contributed by atoms with E-state index in [2.05, 4.69) is 15.9 Å². The van der Waals surface area contributed by atoms with E-state index in [1.54, 1.807) is 32.9 Å². The maximum absolute atomic E-state index is 12.1. The van der Waals surface area contributed by atoms with E-state index in [0.717, 1.165) is 21.0 Å². The fourth-order valence-electron chi connectivity index (χ4n) is 2.70. The van der Waals surface area contributed by atoms with Gasteiger partial charge in [-0.15, -0.1) is 0 Å². The molecule has 1 heterocycles. The van der Waals surface area contributed by atoms with Crippen LogP contribution in [-0.4, -0.2) is 18.2 Å². The minimum Gasteiger partial charge on any atom is -0.479 e. The molecule has 0 aliphatic rings. The first-order valence-corrected chi connectivity index (χ1v) is 9.34. The van der Waals surface area contributed by atoms with Crippen molar-refractivity contribution in [3.63, 3.8) is 0 Å². The van der Waals surface area contributed by atoms with Gasteiger partial charge >= 0.3 is 11.6 Å². The lowest BCUT2D eigenvalue weighted by atomic mass is 10.0. The second-order valence-electron chi connectivity index (χ2n) is 6.36. The lowest BCUT2D eigenvalue weighted by Crippen LogP contribution is -2.28. The van der Waals surface area contributed by atoms with Crippen molar-refractivity contribution >= 4 is 32.9 Å². The van der Waals surface area contributed by atoms with E-state index in [-0.39, 0.29) is 6.10 Å². The Morgan fingerprint density at radius 2 is 1.78 bits per heavy atom. The van der Waals surface area contributed by atoms with Crippen LogP contribution in [0.5, 0.6) is 5.75 Å². The molecule has 0 bridgehead atoms. The summed E-state index contributed by atoms with van der Waals surface area (Å²) in [5, 5.41) is 0.770. The quantitative estimate of drug-likeness (QED) is 0.423. The third kappa shape index (κ3) is 4.39. The first kappa shape index (κ1) is 19.2. The van der Waals surface area contributed by atoms with Crippen LogP contribution in [0.1, 0.15) is 20.8 Å². The molecule has 0 aliphatic carbocycles. The number of esters is 1. The first-order valence-electron chi connectivity index (χ1n) is 8.55. The molecule has 0 fully saturated rings. The van der Waals surface area contributed by atoms with Crippen molar-refractivity contribution in [1.82, 2.24) is 0 Å². The summed E-state index contributed by atoms with van der Waals surface area (Å²) in [6, 6.07) is 14.3. The largest absolute Gasteiger partial charge is 0.479 e. The molecule has 27 heavy (non-hydrogen) atoms. The molecule has 3 rings (SSSR count). The Bertz CT molecular complexity index is 1040. The zero-order chi connectivity index (χ0) is 19.6. The molecular weight excluding hydrogens is 412 g/mol. The topological polar surface area (TPSA) is 65.7 Å². The number of hydrogen-bond donors (Lipinski definition) is 0. The number of benzene rings is 2. The molecule has 5 nitrogen and oxygen atoms in total. The van der Waals surface area contributed by atoms with Crippen molar-refractivity contribution in [1.29, 1.82) is 0 Å². The van der Waals surface area contributed by atoms with E-state index < -0.39 is 17.7 Å². The number of carbonyl (C=O) groups is 1. The van der Waals surface area contributed by atoms with Crippen molar-refractivity contribution < 1.29 is 18.7 Å². The maximum Gasteiger partial charge on any atom is 0.347 e. The van der Waals surface area contributed by atoms with E-state index in [1.165, 1.54) is 6.07 Å². The molecule has 0 radical (unpaired) electrons. The molecule has 1 aromatic heterocycles. The Kier molecular flexibility index (Phi) is 5.65. The molecule has 0 amide bonds. The van der Waals surface area contributed by atoms with E-state index in [4.69, 9.17) is 13.9 Å². The summed E-state index contributed by atoms with van der Waals surface area (Å²) in [7, 11) is 0. The normalized spacial score (nSPS) is 12.2. The van der Waals surface area contributed by atoms with Crippen LogP contribution in [0.15, 0.2) is 62.2 Å². The van der Waals surface area contributed by atoms with Gasteiger partial charge in [0.05, 0.1) is 6.10 Å². The van der Waals surface area contributed by atoms with Gasteiger partial charge in [-0.3, -0.25) is 0 Å². The Balaban J connectivity index is 1.98. The second kappa shape index (κ2) is 7.96. The number of fused-ring (bicyclic) bond motifs is 1. The summed E-state index contributed by atoms with van der Waals surface area (Å²) < 4.78 is 17.0. The van der Waals surface area contributed by atoms with Gasteiger partial charge < -0.3 is 13.9 Å². The van der Waals surface area contributed by atoms with Crippen LogP contribution < -0.4 is 10.4 Å². The summed E-state index contributed by atoms with van der Waals surface area (Å²) in [6.45, 7) is 5.17. The fourth-order valence-corrected chi connectivity index (χ4v) is 3.20. The van der Waals surface area contributed by atoms with Crippen molar-refractivity contribution in [2.45, 2.75) is 33.0 Å². The van der Waals surface area contributed by atoms with Crippen LogP contribution in [0.2, 0.25) is 0 Å². The Hall–Kier alpha value is -2.60. The number of rotatable bonds is 5. The van der Waals surface area contributed by atoms with Crippen LogP contribution in [0.3, 0.4) is 0 Å². The Labute approximate surface area is 165 Å². The fraction of sp³-hybridized carbons (Fsp3) is 0.238. The highest BCUT2D eigenvalue weighted by molar-refractivity contribution is 9.10. The Morgan fingerprint density at radius 3 is 2.48 bits per heavy atom. The third-order valence-electron chi connectivity index (χ3n) is 3.88. The number of ether oxygens (including phenoxy) is 2. The average molecular weight is 431 g/mol. The second-order valence-corrected chi connectivity index (χ2v) is 7.22. The molecule has 140 valence electrons. The lowest BCUT2D eigenvalue weighted by molar-refractivity contribution is -0.154. The molecule has 3 aromatic rings.